The molecule has 0 saturated heterocycles. The number of aromatic nitrogens is 6. The van der Waals surface area contributed by atoms with Crippen molar-refractivity contribution in [1.29, 1.82) is 0 Å². The Morgan fingerprint density at radius 3 is 2.82 bits per heavy atom. The summed E-state index contributed by atoms with van der Waals surface area (Å²) in [5.74, 6) is 1.57. The average Bonchev–Trinajstić information content (AvgIpc) is 3.32. The summed E-state index contributed by atoms with van der Waals surface area (Å²) in [6, 6.07) is 5.92. The van der Waals surface area contributed by atoms with Crippen LogP contribution in [0.3, 0.4) is 0 Å². The second-order valence-corrected chi connectivity index (χ2v) is 6.89. The van der Waals surface area contributed by atoms with Gasteiger partial charge in [-0.25, -0.2) is 0 Å². The first-order chi connectivity index (χ1) is 13.5. The number of halogens is 3. The summed E-state index contributed by atoms with van der Waals surface area (Å²) in [7, 11) is 0. The summed E-state index contributed by atoms with van der Waals surface area (Å²) in [4.78, 5) is 8.33. The van der Waals surface area contributed by atoms with Gasteiger partial charge in [-0.1, -0.05) is 16.9 Å². The van der Waals surface area contributed by atoms with E-state index >= 15 is 0 Å². The number of rotatable bonds is 6. The van der Waals surface area contributed by atoms with Gasteiger partial charge in [0.1, 0.15) is 0 Å². The molecule has 0 spiro atoms. The third-order valence-electron chi connectivity index (χ3n) is 3.85. The van der Waals surface area contributed by atoms with Crippen molar-refractivity contribution in [3.63, 3.8) is 0 Å². The lowest BCUT2D eigenvalue weighted by atomic mass is 10.3. The van der Waals surface area contributed by atoms with E-state index < -0.39 is 11.7 Å². The summed E-state index contributed by atoms with van der Waals surface area (Å²) in [5.41, 5.74) is 0.395. The van der Waals surface area contributed by atoms with Crippen molar-refractivity contribution in [1.82, 2.24) is 29.7 Å². The lowest BCUT2D eigenvalue weighted by Gasteiger charge is -2.07. The molecule has 28 heavy (non-hydrogen) atoms. The molecule has 0 radical (unpaired) electrons. The van der Waals surface area contributed by atoms with Crippen molar-refractivity contribution >= 4 is 17.4 Å². The Bertz CT molecular complexity index is 1080. The minimum atomic E-state index is -4.41. The van der Waals surface area contributed by atoms with Crippen LogP contribution in [0.25, 0.3) is 17.0 Å². The fraction of sp³-hybridized carbons (Fsp3) is 0.235. The molecule has 0 saturated carbocycles. The van der Waals surface area contributed by atoms with Crippen molar-refractivity contribution in [2.45, 2.75) is 24.2 Å². The zero-order valence-corrected chi connectivity index (χ0v) is 15.1. The molecule has 7 nitrogen and oxygen atoms in total. The van der Waals surface area contributed by atoms with Gasteiger partial charge in [0.2, 0.25) is 11.7 Å². The van der Waals surface area contributed by atoms with Gasteiger partial charge in [-0.2, -0.15) is 18.2 Å². The normalized spacial score (nSPS) is 12.0. The van der Waals surface area contributed by atoms with E-state index in [0.717, 1.165) is 17.8 Å². The Balaban J connectivity index is 1.36. The van der Waals surface area contributed by atoms with E-state index in [1.54, 1.807) is 18.5 Å². The quantitative estimate of drug-likeness (QED) is 0.355. The summed E-state index contributed by atoms with van der Waals surface area (Å²) >= 11 is 1.32. The minimum absolute atomic E-state index is 0.369. The predicted molar refractivity (Wildman–Crippen MR) is 94.6 cm³/mol. The smallest absolute Gasteiger partial charge is 0.339 e. The molecule has 0 aliphatic rings. The van der Waals surface area contributed by atoms with Crippen LogP contribution in [0.4, 0.5) is 13.2 Å². The van der Waals surface area contributed by atoms with Gasteiger partial charge in [0.05, 0.1) is 5.56 Å². The number of thioether (sulfide) groups is 1. The number of nitrogens with zero attached hydrogens (tertiary/aromatic N) is 6. The van der Waals surface area contributed by atoms with E-state index in [4.69, 9.17) is 4.52 Å². The van der Waals surface area contributed by atoms with Crippen LogP contribution in [-0.2, 0) is 12.6 Å². The van der Waals surface area contributed by atoms with Crippen molar-refractivity contribution in [2.24, 2.45) is 0 Å². The molecule has 0 N–H and O–H groups in total. The van der Waals surface area contributed by atoms with Crippen LogP contribution >= 0.6 is 11.8 Å². The van der Waals surface area contributed by atoms with Gasteiger partial charge >= 0.3 is 6.18 Å². The fourth-order valence-electron chi connectivity index (χ4n) is 2.49. The highest BCUT2D eigenvalue weighted by atomic mass is 32.2. The van der Waals surface area contributed by atoms with Gasteiger partial charge < -0.3 is 4.52 Å². The Labute approximate surface area is 161 Å². The average molecular weight is 406 g/mol. The Morgan fingerprint density at radius 1 is 1.14 bits per heavy atom. The number of alkyl halides is 3. The first kappa shape index (κ1) is 18.4. The lowest BCUT2D eigenvalue weighted by Crippen LogP contribution is -2.06. The molecular formula is C17H13F3N6OS. The first-order valence-corrected chi connectivity index (χ1v) is 9.27. The third kappa shape index (κ3) is 3.98. The monoisotopic (exact) mass is 406 g/mol. The number of fused-ring (bicyclic) bond motifs is 1. The van der Waals surface area contributed by atoms with Crippen molar-refractivity contribution in [2.75, 3.05) is 5.75 Å². The molecule has 4 rings (SSSR count). The van der Waals surface area contributed by atoms with Gasteiger partial charge in [-0.3, -0.25) is 9.38 Å². The zero-order chi connectivity index (χ0) is 19.6. The largest absolute Gasteiger partial charge is 0.417 e. The molecule has 144 valence electrons. The lowest BCUT2D eigenvalue weighted by molar-refractivity contribution is -0.137. The van der Waals surface area contributed by atoms with Crippen LogP contribution in [0, 0.1) is 0 Å². The van der Waals surface area contributed by atoms with Crippen LogP contribution in [0.15, 0.2) is 52.5 Å². The molecule has 0 aliphatic carbocycles. The van der Waals surface area contributed by atoms with Crippen LogP contribution < -0.4 is 0 Å². The van der Waals surface area contributed by atoms with E-state index in [2.05, 4.69) is 25.3 Å². The molecule has 4 aromatic rings. The van der Waals surface area contributed by atoms with Gasteiger partial charge in [-0.15, -0.1) is 10.2 Å². The highest BCUT2D eigenvalue weighted by Crippen LogP contribution is 2.30. The molecular weight excluding hydrogens is 393 g/mol. The fourth-order valence-corrected chi connectivity index (χ4v) is 3.35. The van der Waals surface area contributed by atoms with Gasteiger partial charge in [0.25, 0.3) is 0 Å². The zero-order valence-electron chi connectivity index (χ0n) is 14.3. The molecule has 4 heterocycles. The molecule has 0 aliphatic heterocycles. The predicted octanol–water partition coefficient (Wildman–Crippen LogP) is 3.92. The highest BCUT2D eigenvalue weighted by Gasteiger charge is 2.31. The van der Waals surface area contributed by atoms with E-state index in [1.807, 2.05) is 6.07 Å². The van der Waals surface area contributed by atoms with Crippen molar-refractivity contribution < 1.29 is 17.7 Å². The second-order valence-electron chi connectivity index (χ2n) is 5.83. The maximum atomic E-state index is 12.9. The maximum Gasteiger partial charge on any atom is 0.417 e. The molecule has 0 aromatic carbocycles. The first-order valence-electron chi connectivity index (χ1n) is 8.28. The number of hydrogen-bond acceptors (Lipinski definition) is 7. The number of pyridine rings is 2. The molecule has 0 amide bonds. The maximum absolute atomic E-state index is 12.9. The van der Waals surface area contributed by atoms with E-state index in [1.165, 1.54) is 22.2 Å². The number of hydrogen-bond donors (Lipinski definition) is 0. The Hall–Kier alpha value is -2.95. The van der Waals surface area contributed by atoms with Crippen molar-refractivity contribution in [3.8, 4) is 11.4 Å². The minimum Gasteiger partial charge on any atom is -0.339 e. The molecule has 0 atom stereocenters. The van der Waals surface area contributed by atoms with Gasteiger partial charge in [0, 0.05) is 36.3 Å². The van der Waals surface area contributed by atoms with Crippen LogP contribution in [0.2, 0.25) is 0 Å². The standard InChI is InChI=1S/C17H13F3N6OS/c18-17(19,20)12-5-6-13-23-24-16(26(13)10-12)28-8-2-4-14-22-15(25-27-14)11-3-1-7-21-9-11/h1,3,5-7,9-10H,2,4,8H2. The van der Waals surface area contributed by atoms with Crippen LogP contribution in [0.5, 0.6) is 0 Å². The Kier molecular flexibility index (Phi) is 4.99. The molecule has 4 aromatic heterocycles. The van der Waals surface area contributed by atoms with E-state index in [0.29, 0.717) is 41.1 Å². The molecule has 11 heteroatoms. The van der Waals surface area contributed by atoms with Gasteiger partial charge in [0.15, 0.2) is 10.8 Å². The summed E-state index contributed by atoms with van der Waals surface area (Å²) in [6.07, 6.45) is 1.14. The van der Waals surface area contributed by atoms with Crippen LogP contribution in [-0.4, -0.2) is 35.5 Å². The summed E-state index contributed by atoms with van der Waals surface area (Å²) < 4.78 is 45.2. The molecule has 0 fully saturated rings. The third-order valence-corrected chi connectivity index (χ3v) is 4.88. The summed E-state index contributed by atoms with van der Waals surface area (Å²) in [6.45, 7) is 0. The van der Waals surface area contributed by atoms with E-state index in [9.17, 15) is 13.2 Å². The second kappa shape index (κ2) is 7.58. The highest BCUT2D eigenvalue weighted by molar-refractivity contribution is 7.99. The van der Waals surface area contributed by atoms with Crippen LogP contribution in [0.1, 0.15) is 17.9 Å². The van der Waals surface area contributed by atoms with E-state index in [-0.39, 0.29) is 0 Å². The SMILES string of the molecule is FC(F)(F)c1ccc2nnc(SCCCc3nc(-c4cccnc4)no3)n2c1. The Morgan fingerprint density at radius 2 is 2.04 bits per heavy atom. The molecule has 0 bridgehead atoms. The number of aryl methyl sites for hydroxylation is 1. The van der Waals surface area contributed by atoms with Gasteiger partial charge in [-0.05, 0) is 30.7 Å². The topological polar surface area (TPSA) is 82.0 Å². The molecule has 0 unspecified atom stereocenters. The van der Waals surface area contributed by atoms with Crippen molar-refractivity contribution in [3.05, 3.63) is 54.3 Å². The summed E-state index contributed by atoms with van der Waals surface area (Å²) in [5, 5.41) is 12.2.